The standard InChI is InChI=1S/C16H25N3O5S/c1-13(20)17-6-7-18-8-10-19(11-9-18)25(21,22)14-4-5-15(23-2)16(12-14)24-3/h4-5,12H,6-11H2,1-3H3,(H,17,20)/p+1. The number of nitrogens with one attached hydrogen (secondary N) is 2. The van der Waals surface area contributed by atoms with E-state index in [-0.39, 0.29) is 10.8 Å². The van der Waals surface area contributed by atoms with Crippen molar-refractivity contribution in [2.75, 3.05) is 53.5 Å². The van der Waals surface area contributed by atoms with Crippen molar-refractivity contribution in [2.45, 2.75) is 11.8 Å². The predicted octanol–water partition coefficient (Wildman–Crippen LogP) is -1.27. The number of hydrogen-bond donors (Lipinski definition) is 2. The molecule has 2 rings (SSSR count). The molecular formula is C16H26N3O5S+. The molecule has 1 saturated heterocycles. The summed E-state index contributed by atoms with van der Waals surface area (Å²) in [4.78, 5) is 12.4. The van der Waals surface area contributed by atoms with Gasteiger partial charge in [0, 0.05) is 13.0 Å². The van der Waals surface area contributed by atoms with Gasteiger partial charge in [0.05, 0.1) is 58.4 Å². The SMILES string of the molecule is COc1ccc(S(=O)(=O)N2CC[NH+](CCNC(C)=O)CC2)cc1OC. The molecule has 1 aromatic carbocycles. The maximum absolute atomic E-state index is 12.8. The van der Waals surface area contributed by atoms with E-state index >= 15 is 0 Å². The van der Waals surface area contributed by atoms with Crippen LogP contribution in [0.15, 0.2) is 23.1 Å². The second kappa shape index (κ2) is 8.50. The fraction of sp³-hybridized carbons (Fsp3) is 0.562. The van der Waals surface area contributed by atoms with Crippen LogP contribution in [0.4, 0.5) is 0 Å². The maximum Gasteiger partial charge on any atom is 0.243 e. The van der Waals surface area contributed by atoms with Crippen LogP contribution < -0.4 is 19.7 Å². The predicted molar refractivity (Wildman–Crippen MR) is 92.6 cm³/mol. The van der Waals surface area contributed by atoms with E-state index in [1.807, 2.05) is 0 Å². The molecule has 0 aromatic heterocycles. The van der Waals surface area contributed by atoms with Crippen molar-refractivity contribution < 1.29 is 27.6 Å². The number of amides is 1. The maximum atomic E-state index is 12.8. The molecule has 1 fully saturated rings. The van der Waals surface area contributed by atoms with Crippen molar-refractivity contribution in [1.82, 2.24) is 9.62 Å². The van der Waals surface area contributed by atoms with Gasteiger partial charge in [0.25, 0.3) is 0 Å². The van der Waals surface area contributed by atoms with Crippen molar-refractivity contribution >= 4 is 15.9 Å². The van der Waals surface area contributed by atoms with E-state index in [1.54, 1.807) is 6.07 Å². The minimum absolute atomic E-state index is 0.0472. The van der Waals surface area contributed by atoms with Crippen molar-refractivity contribution in [3.05, 3.63) is 18.2 Å². The Balaban J connectivity index is 2.01. The Morgan fingerprint density at radius 2 is 1.84 bits per heavy atom. The summed E-state index contributed by atoms with van der Waals surface area (Å²) in [5.74, 6) is 0.839. The lowest BCUT2D eigenvalue weighted by Crippen LogP contribution is -3.15. The van der Waals surface area contributed by atoms with Crippen LogP contribution in [0, 0.1) is 0 Å². The Labute approximate surface area is 148 Å². The molecule has 140 valence electrons. The third-order valence-electron chi connectivity index (χ3n) is 4.27. The number of quaternary nitrogens is 1. The van der Waals surface area contributed by atoms with Crippen LogP contribution in [-0.4, -0.2) is 72.1 Å². The molecular weight excluding hydrogens is 346 g/mol. The highest BCUT2D eigenvalue weighted by Gasteiger charge is 2.30. The molecule has 1 aromatic rings. The quantitative estimate of drug-likeness (QED) is 0.623. The zero-order valence-corrected chi connectivity index (χ0v) is 15.7. The van der Waals surface area contributed by atoms with Crippen LogP contribution in [0.3, 0.4) is 0 Å². The lowest BCUT2D eigenvalue weighted by molar-refractivity contribution is -0.902. The van der Waals surface area contributed by atoms with Crippen molar-refractivity contribution in [2.24, 2.45) is 0 Å². The van der Waals surface area contributed by atoms with Crippen LogP contribution in [-0.2, 0) is 14.8 Å². The summed E-state index contributed by atoms with van der Waals surface area (Å²) in [7, 11) is -0.576. The second-order valence-corrected chi connectivity index (χ2v) is 7.84. The second-order valence-electron chi connectivity index (χ2n) is 5.90. The number of carbonyl (C=O) groups excluding carboxylic acids is 1. The van der Waals surface area contributed by atoms with Gasteiger partial charge in [-0.05, 0) is 12.1 Å². The molecule has 2 N–H and O–H groups in total. The van der Waals surface area contributed by atoms with Crippen molar-refractivity contribution in [3.63, 3.8) is 0 Å². The molecule has 1 heterocycles. The first kappa shape index (κ1) is 19.5. The molecule has 25 heavy (non-hydrogen) atoms. The van der Waals surface area contributed by atoms with Gasteiger partial charge in [-0.1, -0.05) is 0 Å². The van der Waals surface area contributed by atoms with Gasteiger partial charge in [-0.25, -0.2) is 8.42 Å². The number of rotatable bonds is 7. The van der Waals surface area contributed by atoms with Gasteiger partial charge in [-0.2, -0.15) is 4.31 Å². The van der Waals surface area contributed by atoms with Crippen LogP contribution in [0.1, 0.15) is 6.92 Å². The summed E-state index contributed by atoms with van der Waals surface area (Å²) in [5.41, 5.74) is 0. The average Bonchev–Trinajstić information content (AvgIpc) is 2.61. The van der Waals surface area contributed by atoms with E-state index in [2.05, 4.69) is 5.32 Å². The molecule has 0 aliphatic carbocycles. The normalized spacial score (nSPS) is 16.4. The first-order valence-electron chi connectivity index (χ1n) is 8.18. The Bertz CT molecular complexity index is 700. The number of piperazine rings is 1. The average molecular weight is 372 g/mol. The first-order chi connectivity index (χ1) is 11.9. The van der Waals surface area contributed by atoms with Gasteiger partial charge < -0.3 is 19.7 Å². The van der Waals surface area contributed by atoms with Gasteiger partial charge in [0.1, 0.15) is 0 Å². The molecule has 8 nitrogen and oxygen atoms in total. The first-order valence-corrected chi connectivity index (χ1v) is 9.62. The van der Waals surface area contributed by atoms with Crippen molar-refractivity contribution in [1.29, 1.82) is 0 Å². The molecule has 0 bridgehead atoms. The van der Waals surface area contributed by atoms with Gasteiger partial charge in [-0.3, -0.25) is 4.79 Å². The molecule has 0 saturated carbocycles. The van der Waals surface area contributed by atoms with Crippen molar-refractivity contribution in [3.8, 4) is 11.5 Å². The molecule has 1 amide bonds. The number of carbonyl (C=O) groups is 1. The number of methoxy groups -OCH3 is 2. The molecule has 1 aliphatic heterocycles. The molecule has 0 unspecified atom stereocenters. The number of ether oxygens (including phenoxy) is 2. The number of sulfonamides is 1. The van der Waals surface area contributed by atoms with E-state index in [0.29, 0.717) is 44.2 Å². The number of benzene rings is 1. The summed E-state index contributed by atoms with van der Waals surface area (Å²) in [6, 6.07) is 4.62. The summed E-state index contributed by atoms with van der Waals surface area (Å²) in [5, 5.41) is 2.77. The Hall–Kier alpha value is -1.84. The van der Waals surface area contributed by atoms with E-state index in [0.717, 1.165) is 6.54 Å². The van der Waals surface area contributed by atoms with E-state index in [9.17, 15) is 13.2 Å². The molecule has 0 spiro atoms. The third-order valence-corrected chi connectivity index (χ3v) is 6.17. The van der Waals surface area contributed by atoms with Gasteiger partial charge in [0.15, 0.2) is 11.5 Å². The zero-order valence-electron chi connectivity index (χ0n) is 14.9. The highest BCUT2D eigenvalue weighted by Crippen LogP contribution is 2.30. The Morgan fingerprint density at radius 1 is 1.20 bits per heavy atom. The van der Waals surface area contributed by atoms with E-state index < -0.39 is 10.0 Å². The summed E-state index contributed by atoms with van der Waals surface area (Å²) in [6.07, 6.45) is 0. The topological polar surface area (TPSA) is 89.4 Å². The Kier molecular flexibility index (Phi) is 6.63. The fourth-order valence-corrected chi connectivity index (χ4v) is 4.29. The van der Waals surface area contributed by atoms with Gasteiger partial charge >= 0.3 is 0 Å². The molecule has 9 heteroatoms. The summed E-state index contributed by atoms with van der Waals surface area (Å²) >= 11 is 0. The Morgan fingerprint density at radius 3 is 2.40 bits per heavy atom. The fourth-order valence-electron chi connectivity index (χ4n) is 2.83. The minimum atomic E-state index is -3.56. The lowest BCUT2D eigenvalue weighted by atomic mass is 10.3. The van der Waals surface area contributed by atoms with E-state index in [1.165, 1.54) is 42.5 Å². The molecule has 0 atom stereocenters. The van der Waals surface area contributed by atoms with Gasteiger partial charge in [-0.15, -0.1) is 0 Å². The summed E-state index contributed by atoms with van der Waals surface area (Å²) < 4.78 is 37.5. The monoisotopic (exact) mass is 372 g/mol. The highest BCUT2D eigenvalue weighted by atomic mass is 32.2. The molecule has 0 radical (unpaired) electrons. The number of hydrogen-bond acceptors (Lipinski definition) is 5. The third kappa shape index (κ3) is 4.83. The van der Waals surface area contributed by atoms with Crippen LogP contribution in [0.25, 0.3) is 0 Å². The van der Waals surface area contributed by atoms with E-state index in [4.69, 9.17) is 9.47 Å². The van der Waals surface area contributed by atoms with Crippen LogP contribution in [0.5, 0.6) is 11.5 Å². The highest BCUT2D eigenvalue weighted by molar-refractivity contribution is 7.89. The number of nitrogens with zero attached hydrogens (tertiary/aromatic N) is 1. The largest absolute Gasteiger partial charge is 0.493 e. The zero-order chi connectivity index (χ0) is 18.4. The van der Waals surface area contributed by atoms with Gasteiger partial charge in [0.2, 0.25) is 15.9 Å². The smallest absolute Gasteiger partial charge is 0.243 e. The van der Waals surface area contributed by atoms with Crippen LogP contribution >= 0.6 is 0 Å². The molecule has 1 aliphatic rings. The lowest BCUT2D eigenvalue weighted by Gasteiger charge is -2.31. The summed E-state index contributed by atoms with van der Waals surface area (Å²) in [6.45, 7) is 5.22. The van der Waals surface area contributed by atoms with Crippen LogP contribution in [0.2, 0.25) is 0 Å². The minimum Gasteiger partial charge on any atom is -0.493 e.